The van der Waals surface area contributed by atoms with Crippen LogP contribution in [0.4, 0.5) is 0 Å². The monoisotopic (exact) mass is 254 g/mol. The largest absolute Gasteiger partial charge is 0.396 e. The van der Waals surface area contributed by atoms with Crippen molar-refractivity contribution in [2.45, 2.75) is 12.8 Å². The van der Waals surface area contributed by atoms with Crippen LogP contribution in [-0.2, 0) is 6.42 Å². The second-order valence-corrected chi connectivity index (χ2v) is 3.85. The van der Waals surface area contributed by atoms with E-state index in [1.807, 2.05) is 12.1 Å². The van der Waals surface area contributed by atoms with Gasteiger partial charge in [0.15, 0.2) is 0 Å². The van der Waals surface area contributed by atoms with Crippen molar-refractivity contribution in [3.8, 4) is 0 Å². The summed E-state index contributed by atoms with van der Waals surface area (Å²) in [6, 6.07) is 8.17. The first-order chi connectivity index (χ1) is 6.88. The Balaban J connectivity index is 2.73. The van der Waals surface area contributed by atoms with E-state index in [1.54, 1.807) is 0 Å². The summed E-state index contributed by atoms with van der Waals surface area (Å²) in [7, 11) is 0. The summed E-state index contributed by atoms with van der Waals surface area (Å²) in [6.45, 7) is 0.212. The van der Waals surface area contributed by atoms with Gasteiger partial charge in [-0.3, -0.25) is 0 Å². The predicted molar refractivity (Wildman–Crippen MR) is 64.7 cm³/mol. The molecule has 0 radical (unpaired) electrons. The summed E-state index contributed by atoms with van der Waals surface area (Å²) >= 11 is 3.38. The van der Waals surface area contributed by atoms with Crippen LogP contribution >= 0.6 is 15.9 Å². The van der Waals surface area contributed by atoms with Crippen LogP contribution in [0.2, 0.25) is 0 Å². The fourth-order valence-corrected chi connectivity index (χ4v) is 1.58. The third-order valence-electron chi connectivity index (χ3n) is 2.01. The molecule has 0 unspecified atom stereocenters. The molecular weight excluding hydrogens is 240 g/mol. The van der Waals surface area contributed by atoms with E-state index in [0.717, 1.165) is 18.2 Å². The van der Waals surface area contributed by atoms with Crippen molar-refractivity contribution in [3.05, 3.63) is 41.5 Å². The zero-order valence-corrected chi connectivity index (χ0v) is 9.70. The first-order valence-electron chi connectivity index (χ1n) is 4.79. The molecule has 0 saturated carbocycles. The Kier molecular flexibility index (Phi) is 5.57. The first kappa shape index (κ1) is 11.5. The Morgan fingerprint density at radius 1 is 1.29 bits per heavy atom. The number of halogens is 1. The maximum absolute atomic E-state index is 8.88. The minimum atomic E-state index is 0.212. The molecule has 0 fully saturated rings. The van der Waals surface area contributed by atoms with E-state index in [0.29, 0.717) is 0 Å². The SMILES string of the molecule is OCCc1ccccc1C=CCCBr. The van der Waals surface area contributed by atoms with Gasteiger partial charge in [-0.05, 0) is 24.0 Å². The number of hydrogen-bond acceptors (Lipinski definition) is 1. The molecular formula is C12H15BrO. The van der Waals surface area contributed by atoms with Crippen molar-refractivity contribution in [1.82, 2.24) is 0 Å². The zero-order chi connectivity index (χ0) is 10.2. The van der Waals surface area contributed by atoms with Gasteiger partial charge in [-0.15, -0.1) is 0 Å². The second kappa shape index (κ2) is 6.80. The van der Waals surface area contributed by atoms with Gasteiger partial charge in [-0.1, -0.05) is 52.3 Å². The van der Waals surface area contributed by atoms with Crippen molar-refractivity contribution >= 4 is 22.0 Å². The minimum Gasteiger partial charge on any atom is -0.396 e. The molecule has 1 N–H and O–H groups in total. The van der Waals surface area contributed by atoms with Gasteiger partial charge in [-0.2, -0.15) is 0 Å². The highest BCUT2D eigenvalue weighted by molar-refractivity contribution is 9.09. The van der Waals surface area contributed by atoms with Crippen LogP contribution in [0.3, 0.4) is 0 Å². The number of alkyl halides is 1. The normalized spacial score (nSPS) is 11.0. The zero-order valence-electron chi connectivity index (χ0n) is 8.12. The maximum Gasteiger partial charge on any atom is 0.0471 e. The van der Waals surface area contributed by atoms with Crippen LogP contribution in [0.25, 0.3) is 6.08 Å². The fourth-order valence-electron chi connectivity index (χ4n) is 1.32. The number of hydrogen-bond donors (Lipinski definition) is 1. The standard InChI is InChI=1S/C12H15BrO/c13-9-4-3-7-11-5-1-2-6-12(11)8-10-14/h1-3,5-7,14H,4,8-10H2. The molecule has 0 aromatic heterocycles. The quantitative estimate of drug-likeness (QED) is 0.802. The van der Waals surface area contributed by atoms with E-state index >= 15 is 0 Å². The average Bonchev–Trinajstić information content (AvgIpc) is 2.21. The third-order valence-corrected chi connectivity index (χ3v) is 2.47. The lowest BCUT2D eigenvalue weighted by Crippen LogP contribution is -1.93. The van der Waals surface area contributed by atoms with Crippen LogP contribution < -0.4 is 0 Å². The summed E-state index contributed by atoms with van der Waals surface area (Å²) in [5.74, 6) is 0. The molecule has 0 amide bonds. The molecule has 0 spiro atoms. The molecule has 0 aliphatic carbocycles. The molecule has 0 aliphatic rings. The fraction of sp³-hybridized carbons (Fsp3) is 0.333. The van der Waals surface area contributed by atoms with Crippen molar-refractivity contribution < 1.29 is 5.11 Å². The van der Waals surface area contributed by atoms with E-state index in [9.17, 15) is 0 Å². The lowest BCUT2D eigenvalue weighted by atomic mass is 10.0. The van der Waals surface area contributed by atoms with E-state index < -0.39 is 0 Å². The molecule has 0 bridgehead atoms. The van der Waals surface area contributed by atoms with Crippen LogP contribution in [0.1, 0.15) is 17.5 Å². The lowest BCUT2D eigenvalue weighted by molar-refractivity contribution is 0.299. The van der Waals surface area contributed by atoms with Crippen molar-refractivity contribution in [3.63, 3.8) is 0 Å². The first-order valence-corrected chi connectivity index (χ1v) is 5.92. The molecule has 1 aromatic rings. The van der Waals surface area contributed by atoms with Crippen molar-refractivity contribution in [1.29, 1.82) is 0 Å². The summed E-state index contributed by atoms with van der Waals surface area (Å²) in [5, 5.41) is 9.88. The Hall–Kier alpha value is -0.600. The third kappa shape index (κ3) is 3.64. The summed E-state index contributed by atoms with van der Waals surface area (Å²) in [5.41, 5.74) is 2.42. The van der Waals surface area contributed by atoms with Crippen molar-refractivity contribution in [2.75, 3.05) is 11.9 Å². The lowest BCUT2D eigenvalue weighted by Gasteiger charge is -2.02. The van der Waals surface area contributed by atoms with Crippen molar-refractivity contribution in [2.24, 2.45) is 0 Å². The predicted octanol–water partition coefficient (Wildman–Crippen LogP) is 3.02. The average molecular weight is 255 g/mol. The van der Waals surface area contributed by atoms with E-state index in [4.69, 9.17) is 5.11 Å². The highest BCUT2D eigenvalue weighted by atomic mass is 79.9. The highest BCUT2D eigenvalue weighted by Gasteiger charge is 1.96. The molecule has 76 valence electrons. The van der Waals surface area contributed by atoms with Gasteiger partial charge in [0.25, 0.3) is 0 Å². The van der Waals surface area contributed by atoms with Crippen LogP contribution in [0, 0.1) is 0 Å². The van der Waals surface area contributed by atoms with Gasteiger partial charge in [0.2, 0.25) is 0 Å². The van der Waals surface area contributed by atoms with Crippen LogP contribution in [0.5, 0.6) is 0 Å². The molecule has 1 nitrogen and oxygen atoms in total. The number of aliphatic hydroxyl groups is 1. The molecule has 0 heterocycles. The second-order valence-electron chi connectivity index (χ2n) is 3.05. The van der Waals surface area contributed by atoms with Gasteiger partial charge in [0.05, 0.1) is 0 Å². The van der Waals surface area contributed by atoms with E-state index in [2.05, 4.69) is 40.2 Å². The Labute approximate surface area is 93.6 Å². The summed E-state index contributed by atoms with van der Waals surface area (Å²) in [4.78, 5) is 0. The molecule has 0 atom stereocenters. The molecule has 0 saturated heterocycles. The van der Waals surface area contributed by atoms with Gasteiger partial charge in [-0.25, -0.2) is 0 Å². The molecule has 0 aliphatic heterocycles. The van der Waals surface area contributed by atoms with Gasteiger partial charge in [0, 0.05) is 11.9 Å². The summed E-state index contributed by atoms with van der Waals surface area (Å²) < 4.78 is 0. The highest BCUT2D eigenvalue weighted by Crippen LogP contribution is 2.11. The topological polar surface area (TPSA) is 20.2 Å². The Morgan fingerprint density at radius 2 is 2.07 bits per heavy atom. The van der Waals surface area contributed by atoms with Crippen LogP contribution in [-0.4, -0.2) is 17.0 Å². The van der Waals surface area contributed by atoms with E-state index in [1.165, 1.54) is 11.1 Å². The number of allylic oxidation sites excluding steroid dienone is 1. The number of rotatable bonds is 5. The van der Waals surface area contributed by atoms with Gasteiger partial charge < -0.3 is 5.11 Å². The molecule has 2 heteroatoms. The Morgan fingerprint density at radius 3 is 2.79 bits per heavy atom. The van der Waals surface area contributed by atoms with Gasteiger partial charge >= 0.3 is 0 Å². The van der Waals surface area contributed by atoms with Crippen LogP contribution in [0.15, 0.2) is 30.3 Å². The summed E-state index contributed by atoms with van der Waals surface area (Å²) in [6.07, 6.45) is 6.03. The molecule has 1 aromatic carbocycles. The molecule has 1 rings (SSSR count). The Bertz CT molecular complexity index is 294. The number of benzene rings is 1. The van der Waals surface area contributed by atoms with Gasteiger partial charge in [0.1, 0.15) is 0 Å². The molecule has 14 heavy (non-hydrogen) atoms. The smallest absolute Gasteiger partial charge is 0.0471 e. The maximum atomic E-state index is 8.88. The minimum absolute atomic E-state index is 0.212. The number of aliphatic hydroxyl groups excluding tert-OH is 1. The van der Waals surface area contributed by atoms with E-state index in [-0.39, 0.29) is 6.61 Å².